The number of halogens is 1. The molecule has 3 heteroatoms. The van der Waals surface area contributed by atoms with Crippen LogP contribution in [0.2, 0.25) is 5.02 Å². The molecule has 0 spiro atoms. The number of nitrogens with one attached hydrogen (secondary N) is 1. The number of hydrogen-bond acceptors (Lipinski definition) is 1. The molecule has 1 heterocycles. The van der Waals surface area contributed by atoms with Crippen LogP contribution < -0.4 is 5.32 Å². The van der Waals surface area contributed by atoms with Gasteiger partial charge in [-0.1, -0.05) is 29.8 Å². The van der Waals surface area contributed by atoms with Crippen molar-refractivity contribution in [2.24, 2.45) is 0 Å². The summed E-state index contributed by atoms with van der Waals surface area (Å²) in [6.45, 7) is 0.759. The molecule has 14 heavy (non-hydrogen) atoms. The molecule has 0 aliphatic carbocycles. The van der Waals surface area contributed by atoms with E-state index >= 15 is 0 Å². The fourth-order valence-corrected chi connectivity index (χ4v) is 2.15. The summed E-state index contributed by atoms with van der Waals surface area (Å²) in [6.07, 6.45) is 1.54. The fraction of sp³-hybridized carbons (Fsp3) is 0.364. The third kappa shape index (κ3) is 1.90. The molecule has 2 rings (SSSR count). The van der Waals surface area contributed by atoms with E-state index in [1.54, 1.807) is 0 Å². The molecule has 0 radical (unpaired) electrons. The van der Waals surface area contributed by atoms with Crippen LogP contribution in [0.3, 0.4) is 0 Å². The van der Waals surface area contributed by atoms with E-state index in [1.807, 2.05) is 24.3 Å². The van der Waals surface area contributed by atoms with E-state index in [9.17, 15) is 4.79 Å². The maximum Gasteiger partial charge on any atom is 0.220 e. The zero-order chi connectivity index (χ0) is 9.97. The predicted molar refractivity (Wildman–Crippen MR) is 56.4 cm³/mol. The van der Waals surface area contributed by atoms with E-state index in [0.717, 1.165) is 23.6 Å². The van der Waals surface area contributed by atoms with Gasteiger partial charge in [0, 0.05) is 18.0 Å². The summed E-state index contributed by atoms with van der Waals surface area (Å²) in [7, 11) is 0. The Hall–Kier alpha value is -1.02. The molecule has 1 atom stereocenters. The van der Waals surface area contributed by atoms with Gasteiger partial charge < -0.3 is 5.32 Å². The lowest BCUT2D eigenvalue weighted by molar-refractivity contribution is -0.122. The molecule has 1 aromatic carbocycles. The first-order chi connectivity index (χ1) is 6.77. The Kier molecular flexibility index (Phi) is 2.73. The Balaban J connectivity index is 2.22. The lowest BCUT2D eigenvalue weighted by atomic mass is 9.90. The maximum absolute atomic E-state index is 11.2. The molecule has 1 amide bonds. The Labute approximate surface area is 88.3 Å². The molecule has 0 bridgehead atoms. The highest BCUT2D eigenvalue weighted by atomic mass is 35.5. The molecule has 1 fully saturated rings. The Bertz CT molecular complexity index is 351. The fourth-order valence-electron chi connectivity index (χ4n) is 1.86. The van der Waals surface area contributed by atoms with Crippen molar-refractivity contribution in [1.29, 1.82) is 0 Å². The topological polar surface area (TPSA) is 29.1 Å². The average Bonchev–Trinajstić information content (AvgIpc) is 2.18. The van der Waals surface area contributed by atoms with Gasteiger partial charge in [0.05, 0.1) is 0 Å². The van der Waals surface area contributed by atoms with Crippen LogP contribution in [0, 0.1) is 0 Å². The van der Waals surface area contributed by atoms with Gasteiger partial charge in [0.2, 0.25) is 5.91 Å². The highest BCUT2D eigenvalue weighted by Crippen LogP contribution is 2.30. The number of carbonyl (C=O) groups excluding carboxylic acids is 1. The van der Waals surface area contributed by atoms with Gasteiger partial charge in [0.25, 0.3) is 0 Å². The largest absolute Gasteiger partial charge is 0.356 e. The Morgan fingerprint density at radius 1 is 1.36 bits per heavy atom. The van der Waals surface area contributed by atoms with Gasteiger partial charge >= 0.3 is 0 Å². The first-order valence-electron chi connectivity index (χ1n) is 4.78. The van der Waals surface area contributed by atoms with Crippen LogP contribution in [0.15, 0.2) is 24.3 Å². The normalized spacial score (nSPS) is 21.8. The minimum absolute atomic E-state index is 0.126. The van der Waals surface area contributed by atoms with Gasteiger partial charge in [-0.05, 0) is 24.0 Å². The third-order valence-corrected chi connectivity index (χ3v) is 2.94. The second-order valence-corrected chi connectivity index (χ2v) is 3.97. The van der Waals surface area contributed by atoms with Gasteiger partial charge in [-0.2, -0.15) is 0 Å². The molecule has 1 aliphatic heterocycles. The van der Waals surface area contributed by atoms with Crippen LogP contribution >= 0.6 is 11.6 Å². The second-order valence-electron chi connectivity index (χ2n) is 3.56. The molecular weight excluding hydrogens is 198 g/mol. The van der Waals surface area contributed by atoms with Crippen LogP contribution in [0.5, 0.6) is 0 Å². The highest BCUT2D eigenvalue weighted by molar-refractivity contribution is 6.31. The van der Waals surface area contributed by atoms with Crippen molar-refractivity contribution in [2.45, 2.75) is 18.8 Å². The van der Waals surface area contributed by atoms with Crippen molar-refractivity contribution in [3.05, 3.63) is 34.9 Å². The zero-order valence-electron chi connectivity index (χ0n) is 7.79. The summed E-state index contributed by atoms with van der Waals surface area (Å²) in [4.78, 5) is 11.2. The number of rotatable bonds is 1. The van der Waals surface area contributed by atoms with Crippen molar-refractivity contribution < 1.29 is 4.79 Å². The minimum atomic E-state index is 0.126. The van der Waals surface area contributed by atoms with Gasteiger partial charge in [-0.15, -0.1) is 0 Å². The highest BCUT2D eigenvalue weighted by Gasteiger charge is 2.21. The first-order valence-corrected chi connectivity index (χ1v) is 5.16. The maximum atomic E-state index is 11.2. The van der Waals surface area contributed by atoms with E-state index in [1.165, 1.54) is 0 Å². The molecule has 74 valence electrons. The minimum Gasteiger partial charge on any atom is -0.356 e. The monoisotopic (exact) mass is 209 g/mol. The van der Waals surface area contributed by atoms with Gasteiger partial charge in [0.1, 0.15) is 0 Å². The molecule has 0 saturated carbocycles. The summed E-state index contributed by atoms with van der Waals surface area (Å²) in [5, 5.41) is 3.59. The molecule has 1 aromatic rings. The van der Waals surface area contributed by atoms with E-state index in [2.05, 4.69) is 5.32 Å². The van der Waals surface area contributed by atoms with E-state index in [-0.39, 0.29) is 11.8 Å². The van der Waals surface area contributed by atoms with Gasteiger partial charge in [-0.3, -0.25) is 4.79 Å². The Morgan fingerprint density at radius 2 is 2.14 bits per heavy atom. The van der Waals surface area contributed by atoms with E-state index < -0.39 is 0 Å². The summed E-state index contributed by atoms with van der Waals surface area (Å²) in [5.41, 5.74) is 1.10. The SMILES string of the molecule is O=C1C[C@H](c2ccccc2Cl)CCN1. The molecule has 1 aliphatic rings. The number of amides is 1. The average molecular weight is 210 g/mol. The smallest absolute Gasteiger partial charge is 0.220 e. The molecule has 0 aromatic heterocycles. The second kappa shape index (κ2) is 4.01. The summed E-state index contributed by atoms with van der Waals surface area (Å²) in [6, 6.07) is 7.76. The number of carbonyl (C=O) groups is 1. The number of benzene rings is 1. The molecular formula is C11H12ClNO. The summed E-state index contributed by atoms with van der Waals surface area (Å²) in [5.74, 6) is 0.415. The molecule has 2 nitrogen and oxygen atoms in total. The van der Waals surface area contributed by atoms with Crippen molar-refractivity contribution in [2.75, 3.05) is 6.54 Å². The zero-order valence-corrected chi connectivity index (χ0v) is 8.55. The van der Waals surface area contributed by atoms with Crippen LogP contribution in [0.25, 0.3) is 0 Å². The van der Waals surface area contributed by atoms with Crippen molar-refractivity contribution in [3.63, 3.8) is 0 Å². The summed E-state index contributed by atoms with van der Waals surface area (Å²) < 4.78 is 0. The Morgan fingerprint density at radius 3 is 2.86 bits per heavy atom. The lowest BCUT2D eigenvalue weighted by Gasteiger charge is -2.23. The third-order valence-electron chi connectivity index (χ3n) is 2.59. The van der Waals surface area contributed by atoms with Gasteiger partial charge in [-0.25, -0.2) is 0 Å². The van der Waals surface area contributed by atoms with Crippen LogP contribution in [-0.4, -0.2) is 12.5 Å². The van der Waals surface area contributed by atoms with Crippen molar-refractivity contribution in [1.82, 2.24) is 5.32 Å². The quantitative estimate of drug-likeness (QED) is 0.756. The van der Waals surface area contributed by atoms with Crippen molar-refractivity contribution in [3.8, 4) is 0 Å². The predicted octanol–water partition coefficient (Wildman–Crippen LogP) is 2.33. The summed E-state index contributed by atoms with van der Waals surface area (Å²) >= 11 is 6.07. The lowest BCUT2D eigenvalue weighted by Crippen LogP contribution is -2.32. The van der Waals surface area contributed by atoms with Crippen molar-refractivity contribution >= 4 is 17.5 Å². The van der Waals surface area contributed by atoms with Crippen LogP contribution in [-0.2, 0) is 4.79 Å². The number of piperidine rings is 1. The molecule has 1 N–H and O–H groups in total. The number of hydrogen-bond donors (Lipinski definition) is 1. The molecule has 0 unspecified atom stereocenters. The van der Waals surface area contributed by atoms with Crippen LogP contribution in [0.4, 0.5) is 0 Å². The van der Waals surface area contributed by atoms with Crippen LogP contribution in [0.1, 0.15) is 24.3 Å². The van der Waals surface area contributed by atoms with E-state index in [0.29, 0.717) is 6.42 Å². The first kappa shape index (κ1) is 9.53. The van der Waals surface area contributed by atoms with Gasteiger partial charge in [0.15, 0.2) is 0 Å². The molecule has 1 saturated heterocycles. The van der Waals surface area contributed by atoms with E-state index in [4.69, 9.17) is 11.6 Å². The standard InChI is InChI=1S/C11H12ClNO/c12-10-4-2-1-3-9(10)8-5-6-13-11(14)7-8/h1-4,8H,5-7H2,(H,13,14)/t8-/m1/s1.